The lowest BCUT2D eigenvalue weighted by molar-refractivity contribution is -0.119. The summed E-state index contributed by atoms with van der Waals surface area (Å²) in [5.74, 6) is 0.671. The van der Waals surface area contributed by atoms with Crippen molar-refractivity contribution in [3.8, 4) is 0 Å². The van der Waals surface area contributed by atoms with Crippen LogP contribution in [0, 0.1) is 0 Å². The van der Waals surface area contributed by atoms with E-state index in [9.17, 15) is 9.59 Å². The molecule has 6 heterocycles. The number of hydrogen-bond acceptors (Lipinski definition) is 9. The first-order valence-corrected chi connectivity index (χ1v) is 10.5. The topological polar surface area (TPSA) is 216 Å². The molecule has 16 heteroatoms. The van der Waals surface area contributed by atoms with E-state index < -0.39 is 0 Å². The first-order chi connectivity index (χ1) is 16.6. The molecule has 4 N–H and O–H groups in total. The molecule has 4 aromatic rings. The van der Waals surface area contributed by atoms with Crippen LogP contribution in [0.5, 0.6) is 0 Å². The first kappa shape index (κ1) is 24.3. The molecule has 6 rings (SSSR count). The standard InChI is InChI=1S/C5H3ClN4.C5H3N7.2C4H7NO/c6-4-3-5(9-1-7-3)10-2-8-4;6-12-11-5-3-4(8-1-7-3)9-2-10-5;2*6-4-2-1-3-5-4/h1-2H,(H,7,8,9,10);1-2H,(H,7,8,9,10);2*1-3H2,(H,5,6). The van der Waals surface area contributed by atoms with Gasteiger partial charge in [0.05, 0.1) is 12.7 Å². The maximum Gasteiger partial charge on any atom is 0.220 e. The molecule has 2 saturated heterocycles. The second kappa shape index (κ2) is 12.6. The summed E-state index contributed by atoms with van der Waals surface area (Å²) in [6.07, 6.45) is 9.21. The van der Waals surface area contributed by atoms with Crippen LogP contribution < -0.4 is 10.6 Å². The summed E-state index contributed by atoms with van der Waals surface area (Å²) < 4.78 is 0. The second-order valence-electron chi connectivity index (χ2n) is 6.66. The van der Waals surface area contributed by atoms with Gasteiger partial charge in [-0.2, -0.15) is 0 Å². The Kier molecular flexibility index (Phi) is 9.01. The van der Waals surface area contributed by atoms with E-state index in [-0.39, 0.29) is 17.6 Å². The largest absolute Gasteiger partial charge is 0.356 e. The normalized spacial score (nSPS) is 13.9. The van der Waals surface area contributed by atoms with Crippen molar-refractivity contribution in [2.24, 2.45) is 5.11 Å². The van der Waals surface area contributed by atoms with Crippen LogP contribution in [-0.4, -0.2) is 64.8 Å². The number of halogens is 1. The van der Waals surface area contributed by atoms with E-state index in [4.69, 9.17) is 17.1 Å². The quantitative estimate of drug-likeness (QED) is 0.135. The van der Waals surface area contributed by atoms with E-state index in [0.29, 0.717) is 27.5 Å². The van der Waals surface area contributed by atoms with Crippen LogP contribution in [0.15, 0.2) is 30.4 Å². The third-order valence-corrected chi connectivity index (χ3v) is 4.61. The molecule has 0 atom stereocenters. The number of hydrogen-bond donors (Lipinski definition) is 4. The van der Waals surface area contributed by atoms with E-state index in [1.807, 2.05) is 0 Å². The highest BCUT2D eigenvalue weighted by molar-refractivity contribution is 6.33. The van der Waals surface area contributed by atoms with Crippen molar-refractivity contribution >= 4 is 51.6 Å². The van der Waals surface area contributed by atoms with Gasteiger partial charge in [-0.15, -0.1) is 0 Å². The zero-order valence-electron chi connectivity index (χ0n) is 17.8. The Morgan fingerprint density at radius 2 is 1.38 bits per heavy atom. The number of aromatic nitrogens is 8. The Labute approximate surface area is 196 Å². The van der Waals surface area contributed by atoms with Crippen molar-refractivity contribution in [3.05, 3.63) is 40.9 Å². The van der Waals surface area contributed by atoms with Crippen LogP contribution in [0.25, 0.3) is 32.8 Å². The van der Waals surface area contributed by atoms with Gasteiger partial charge in [0.2, 0.25) is 11.8 Å². The number of carbonyl (C=O) groups excluding carboxylic acids is 2. The fourth-order valence-electron chi connectivity index (χ4n) is 2.74. The number of azide groups is 1. The highest BCUT2D eigenvalue weighted by Gasteiger charge is 2.06. The number of rotatable bonds is 1. The zero-order chi connectivity index (χ0) is 24.2. The average molecular weight is 486 g/mol. The van der Waals surface area contributed by atoms with Crippen LogP contribution >= 0.6 is 11.6 Å². The van der Waals surface area contributed by atoms with Gasteiger partial charge in [0.25, 0.3) is 0 Å². The van der Waals surface area contributed by atoms with Gasteiger partial charge in [-0.05, 0) is 23.5 Å². The van der Waals surface area contributed by atoms with Gasteiger partial charge in [-0.1, -0.05) is 11.6 Å². The molecule has 34 heavy (non-hydrogen) atoms. The number of imidazole rings is 2. The third-order valence-electron chi connectivity index (χ3n) is 4.32. The Bertz CT molecular complexity index is 1260. The molecule has 2 amide bonds. The molecule has 15 nitrogen and oxygen atoms in total. The van der Waals surface area contributed by atoms with Gasteiger partial charge in [-0.3, -0.25) is 9.59 Å². The summed E-state index contributed by atoms with van der Waals surface area (Å²) >= 11 is 5.68. The van der Waals surface area contributed by atoms with Crippen LogP contribution in [0.1, 0.15) is 25.7 Å². The predicted octanol–water partition coefficient (Wildman–Crippen LogP) is 2.09. The molecule has 2 fully saturated rings. The average Bonchev–Trinajstić information content (AvgIpc) is 3.64. The number of nitrogens with zero attached hydrogens (tertiary/aromatic N) is 9. The maximum atomic E-state index is 10.1. The van der Waals surface area contributed by atoms with E-state index in [0.717, 1.165) is 38.8 Å². The molecule has 2 aliphatic rings. The predicted molar refractivity (Wildman–Crippen MR) is 122 cm³/mol. The summed E-state index contributed by atoms with van der Waals surface area (Å²) in [7, 11) is 0. The fourth-order valence-corrected chi connectivity index (χ4v) is 2.92. The summed E-state index contributed by atoms with van der Waals surface area (Å²) in [5, 5.41) is 9.13. The number of nitrogens with one attached hydrogen (secondary N) is 4. The molecule has 0 bridgehead atoms. The van der Waals surface area contributed by atoms with Gasteiger partial charge in [0.15, 0.2) is 22.3 Å². The Morgan fingerprint density at radius 3 is 1.85 bits per heavy atom. The third kappa shape index (κ3) is 7.08. The SMILES string of the molecule is Clc1ncnc2nc[nH]c12.O=C1CCCN1.O=C1CCCN1.[N-]=[N+]=Nc1ncnc2nc[nH]c12. The molecule has 0 saturated carbocycles. The van der Waals surface area contributed by atoms with Gasteiger partial charge >= 0.3 is 0 Å². The molecule has 176 valence electrons. The lowest BCUT2D eigenvalue weighted by Gasteiger charge is -1.89. The molecule has 0 spiro atoms. The smallest absolute Gasteiger partial charge is 0.220 e. The van der Waals surface area contributed by atoms with Gasteiger partial charge < -0.3 is 20.6 Å². The van der Waals surface area contributed by atoms with Crippen LogP contribution in [0.3, 0.4) is 0 Å². The molecule has 0 unspecified atom stereocenters. The fraction of sp³-hybridized carbons (Fsp3) is 0.333. The highest BCUT2D eigenvalue weighted by atomic mass is 35.5. The molecular formula is C18H20ClN13O2. The Hall–Kier alpha value is -4.36. The van der Waals surface area contributed by atoms with E-state index in [1.54, 1.807) is 0 Å². The first-order valence-electron chi connectivity index (χ1n) is 10.1. The summed E-state index contributed by atoms with van der Waals surface area (Å²) in [5.41, 5.74) is 10.5. The van der Waals surface area contributed by atoms with Crippen LogP contribution in [0.2, 0.25) is 5.15 Å². The molecule has 0 aliphatic carbocycles. The van der Waals surface area contributed by atoms with Crippen LogP contribution in [0.4, 0.5) is 5.82 Å². The summed E-state index contributed by atoms with van der Waals surface area (Å²) in [6.45, 7) is 1.78. The summed E-state index contributed by atoms with van der Waals surface area (Å²) in [6, 6.07) is 0. The number of aromatic amines is 2. The van der Waals surface area contributed by atoms with Crippen molar-refractivity contribution in [3.63, 3.8) is 0 Å². The molecular weight excluding hydrogens is 466 g/mol. The van der Waals surface area contributed by atoms with Crippen molar-refractivity contribution in [2.45, 2.75) is 25.7 Å². The molecule has 2 aliphatic heterocycles. The molecule has 4 aromatic heterocycles. The van der Waals surface area contributed by atoms with E-state index >= 15 is 0 Å². The van der Waals surface area contributed by atoms with Crippen molar-refractivity contribution < 1.29 is 9.59 Å². The maximum absolute atomic E-state index is 10.1. The number of fused-ring (bicyclic) bond motifs is 2. The minimum atomic E-state index is 0.204. The minimum Gasteiger partial charge on any atom is -0.356 e. The van der Waals surface area contributed by atoms with Crippen molar-refractivity contribution in [1.29, 1.82) is 0 Å². The monoisotopic (exact) mass is 485 g/mol. The van der Waals surface area contributed by atoms with E-state index in [1.165, 1.54) is 25.3 Å². The van der Waals surface area contributed by atoms with Gasteiger partial charge in [-0.25, -0.2) is 29.9 Å². The highest BCUT2D eigenvalue weighted by Crippen LogP contribution is 2.17. The zero-order valence-corrected chi connectivity index (χ0v) is 18.5. The number of carbonyl (C=O) groups is 2. The number of amides is 2. The molecule has 0 radical (unpaired) electrons. The summed E-state index contributed by atoms with van der Waals surface area (Å²) in [4.78, 5) is 51.5. The van der Waals surface area contributed by atoms with Crippen molar-refractivity contribution in [1.82, 2.24) is 50.5 Å². The minimum absolute atomic E-state index is 0.204. The van der Waals surface area contributed by atoms with Gasteiger partial charge in [0.1, 0.15) is 23.7 Å². The second-order valence-corrected chi connectivity index (χ2v) is 7.02. The number of H-pyrrole nitrogens is 2. The lowest BCUT2D eigenvalue weighted by Crippen LogP contribution is -2.12. The van der Waals surface area contributed by atoms with Gasteiger partial charge in [0, 0.05) is 30.8 Å². The van der Waals surface area contributed by atoms with Crippen LogP contribution in [-0.2, 0) is 9.59 Å². The van der Waals surface area contributed by atoms with Crippen molar-refractivity contribution in [2.75, 3.05) is 13.1 Å². The molecule has 0 aromatic carbocycles. The Balaban J connectivity index is 0.000000133. The Morgan fingerprint density at radius 1 is 0.824 bits per heavy atom. The lowest BCUT2D eigenvalue weighted by atomic mass is 10.4. The van der Waals surface area contributed by atoms with E-state index in [2.05, 4.69) is 60.5 Å².